The molecule has 0 radical (unpaired) electrons. The summed E-state index contributed by atoms with van der Waals surface area (Å²) in [4.78, 5) is 0. The van der Waals surface area contributed by atoms with Crippen LogP contribution in [-0.2, 0) is 14.2 Å². The minimum absolute atomic E-state index is 0.505. The third kappa shape index (κ3) is 5.58. The Kier molecular flexibility index (Phi) is 7.01. The Morgan fingerprint density at radius 2 is 1.57 bits per heavy atom. The molecule has 1 aliphatic carbocycles. The van der Waals surface area contributed by atoms with Crippen molar-refractivity contribution in [2.24, 2.45) is 0 Å². The normalized spacial score (nSPS) is 17.8. The van der Waals surface area contributed by atoms with E-state index in [1.54, 1.807) is 0 Å². The lowest BCUT2D eigenvalue weighted by atomic mass is 10.3. The van der Waals surface area contributed by atoms with Crippen molar-refractivity contribution >= 4 is 0 Å². The highest BCUT2D eigenvalue weighted by atomic mass is 16.5. The van der Waals surface area contributed by atoms with Gasteiger partial charge in [-0.25, -0.2) is 0 Å². The lowest BCUT2D eigenvalue weighted by Gasteiger charge is -2.10. The smallest absolute Gasteiger partial charge is 0.0704 e. The zero-order chi connectivity index (χ0) is 10.1. The fraction of sp³-hybridized carbons (Fsp3) is 1.00. The molecule has 84 valence electrons. The maximum absolute atomic E-state index is 5.64. The number of rotatable bonds is 8. The van der Waals surface area contributed by atoms with Gasteiger partial charge in [-0.15, -0.1) is 0 Å². The SMILES string of the molecule is CCOCCOCCOC1CCCC1. The molecule has 1 saturated carbocycles. The largest absolute Gasteiger partial charge is 0.379 e. The molecule has 1 fully saturated rings. The van der Waals surface area contributed by atoms with E-state index in [0.29, 0.717) is 25.9 Å². The molecular weight excluding hydrogens is 180 g/mol. The van der Waals surface area contributed by atoms with Gasteiger partial charge in [-0.05, 0) is 19.8 Å². The second kappa shape index (κ2) is 8.21. The summed E-state index contributed by atoms with van der Waals surface area (Å²) in [5.41, 5.74) is 0. The minimum atomic E-state index is 0.505. The van der Waals surface area contributed by atoms with Crippen LogP contribution in [0.25, 0.3) is 0 Å². The maximum atomic E-state index is 5.64. The van der Waals surface area contributed by atoms with Crippen LogP contribution >= 0.6 is 0 Å². The molecule has 14 heavy (non-hydrogen) atoms. The molecule has 0 saturated heterocycles. The molecule has 0 spiro atoms. The van der Waals surface area contributed by atoms with E-state index in [4.69, 9.17) is 14.2 Å². The Morgan fingerprint density at radius 1 is 0.929 bits per heavy atom. The van der Waals surface area contributed by atoms with Crippen LogP contribution in [0.3, 0.4) is 0 Å². The highest BCUT2D eigenvalue weighted by Gasteiger charge is 2.14. The molecule has 0 atom stereocenters. The quantitative estimate of drug-likeness (QED) is 0.563. The van der Waals surface area contributed by atoms with Crippen LogP contribution in [0.2, 0.25) is 0 Å². The summed E-state index contributed by atoms with van der Waals surface area (Å²) in [6, 6.07) is 0. The van der Waals surface area contributed by atoms with Crippen LogP contribution in [-0.4, -0.2) is 39.1 Å². The van der Waals surface area contributed by atoms with Crippen LogP contribution in [0.4, 0.5) is 0 Å². The first kappa shape index (κ1) is 12.0. The van der Waals surface area contributed by atoms with Crippen molar-refractivity contribution in [1.29, 1.82) is 0 Å². The molecule has 0 N–H and O–H groups in total. The Balaban J connectivity index is 1.75. The first-order valence-corrected chi connectivity index (χ1v) is 5.70. The topological polar surface area (TPSA) is 27.7 Å². The summed E-state index contributed by atoms with van der Waals surface area (Å²) in [6.45, 7) is 5.56. The fourth-order valence-corrected chi connectivity index (χ4v) is 1.69. The van der Waals surface area contributed by atoms with Crippen LogP contribution in [0.1, 0.15) is 32.6 Å². The first-order chi connectivity index (χ1) is 6.93. The zero-order valence-electron chi connectivity index (χ0n) is 9.17. The van der Waals surface area contributed by atoms with Crippen molar-refractivity contribution in [3.8, 4) is 0 Å². The highest BCUT2D eigenvalue weighted by molar-refractivity contribution is 4.66. The van der Waals surface area contributed by atoms with Crippen molar-refractivity contribution < 1.29 is 14.2 Å². The Morgan fingerprint density at radius 3 is 2.29 bits per heavy atom. The molecule has 1 rings (SSSR count). The number of hydrogen-bond donors (Lipinski definition) is 0. The zero-order valence-corrected chi connectivity index (χ0v) is 9.17. The van der Waals surface area contributed by atoms with Crippen LogP contribution in [0, 0.1) is 0 Å². The molecule has 1 aliphatic rings. The summed E-state index contributed by atoms with van der Waals surface area (Å²) in [5.74, 6) is 0. The monoisotopic (exact) mass is 202 g/mol. The lowest BCUT2D eigenvalue weighted by molar-refractivity contribution is -0.00778. The number of hydrogen-bond acceptors (Lipinski definition) is 3. The van der Waals surface area contributed by atoms with Gasteiger partial charge in [0.05, 0.1) is 32.5 Å². The molecule has 0 aromatic heterocycles. The van der Waals surface area contributed by atoms with E-state index in [1.165, 1.54) is 25.7 Å². The predicted molar refractivity (Wildman–Crippen MR) is 55.5 cm³/mol. The van der Waals surface area contributed by atoms with E-state index < -0.39 is 0 Å². The molecule has 3 heteroatoms. The highest BCUT2D eigenvalue weighted by Crippen LogP contribution is 2.20. The molecule has 0 bridgehead atoms. The Labute approximate surface area is 86.7 Å². The summed E-state index contributed by atoms with van der Waals surface area (Å²) in [7, 11) is 0. The average molecular weight is 202 g/mol. The second-order valence-corrected chi connectivity index (χ2v) is 3.59. The molecule has 0 amide bonds. The van der Waals surface area contributed by atoms with Gasteiger partial charge in [-0.1, -0.05) is 12.8 Å². The third-order valence-corrected chi connectivity index (χ3v) is 2.46. The summed E-state index contributed by atoms with van der Waals surface area (Å²) >= 11 is 0. The van der Waals surface area contributed by atoms with Crippen LogP contribution in [0.15, 0.2) is 0 Å². The maximum Gasteiger partial charge on any atom is 0.0704 e. The van der Waals surface area contributed by atoms with Crippen molar-refractivity contribution in [3.63, 3.8) is 0 Å². The fourth-order valence-electron chi connectivity index (χ4n) is 1.69. The number of ether oxygens (including phenoxy) is 3. The van der Waals surface area contributed by atoms with Gasteiger partial charge in [0.15, 0.2) is 0 Å². The average Bonchev–Trinajstić information content (AvgIpc) is 2.69. The van der Waals surface area contributed by atoms with Crippen molar-refractivity contribution in [1.82, 2.24) is 0 Å². The standard InChI is InChI=1S/C11H22O3/c1-2-12-7-8-13-9-10-14-11-5-3-4-6-11/h11H,2-10H2,1H3. The van der Waals surface area contributed by atoms with Gasteiger partial charge < -0.3 is 14.2 Å². The van der Waals surface area contributed by atoms with E-state index in [2.05, 4.69) is 0 Å². The van der Waals surface area contributed by atoms with E-state index in [9.17, 15) is 0 Å². The molecule has 3 nitrogen and oxygen atoms in total. The summed E-state index contributed by atoms with van der Waals surface area (Å²) in [6.07, 6.45) is 5.63. The van der Waals surface area contributed by atoms with Gasteiger partial charge in [0.25, 0.3) is 0 Å². The van der Waals surface area contributed by atoms with Gasteiger partial charge in [-0.3, -0.25) is 0 Å². The summed E-state index contributed by atoms with van der Waals surface area (Å²) in [5, 5.41) is 0. The predicted octanol–water partition coefficient (Wildman–Crippen LogP) is 2.00. The molecule has 0 aromatic carbocycles. The molecule has 0 unspecified atom stereocenters. The summed E-state index contributed by atoms with van der Waals surface area (Å²) < 4.78 is 16.1. The Bertz CT molecular complexity index is 122. The molecule has 0 heterocycles. The van der Waals surface area contributed by atoms with Crippen molar-refractivity contribution in [2.75, 3.05) is 33.0 Å². The van der Waals surface area contributed by atoms with E-state index in [1.807, 2.05) is 6.92 Å². The third-order valence-electron chi connectivity index (χ3n) is 2.46. The van der Waals surface area contributed by atoms with Gasteiger partial charge in [0, 0.05) is 6.61 Å². The van der Waals surface area contributed by atoms with Crippen LogP contribution < -0.4 is 0 Å². The van der Waals surface area contributed by atoms with Gasteiger partial charge in [-0.2, -0.15) is 0 Å². The van der Waals surface area contributed by atoms with Crippen molar-refractivity contribution in [2.45, 2.75) is 38.7 Å². The van der Waals surface area contributed by atoms with Crippen LogP contribution in [0.5, 0.6) is 0 Å². The molecular formula is C11H22O3. The second-order valence-electron chi connectivity index (χ2n) is 3.59. The van der Waals surface area contributed by atoms with E-state index >= 15 is 0 Å². The van der Waals surface area contributed by atoms with Gasteiger partial charge in [0.2, 0.25) is 0 Å². The first-order valence-electron chi connectivity index (χ1n) is 5.70. The van der Waals surface area contributed by atoms with E-state index in [0.717, 1.165) is 13.2 Å². The minimum Gasteiger partial charge on any atom is -0.379 e. The molecule has 0 aliphatic heterocycles. The van der Waals surface area contributed by atoms with E-state index in [-0.39, 0.29) is 0 Å². The van der Waals surface area contributed by atoms with Crippen molar-refractivity contribution in [3.05, 3.63) is 0 Å². The van der Waals surface area contributed by atoms with Gasteiger partial charge in [0.1, 0.15) is 0 Å². The Hall–Kier alpha value is -0.120. The van der Waals surface area contributed by atoms with Gasteiger partial charge >= 0.3 is 0 Å². The molecule has 0 aromatic rings. The lowest BCUT2D eigenvalue weighted by Crippen LogP contribution is -2.14.